The molecule has 0 bridgehead atoms. The van der Waals surface area contributed by atoms with Gasteiger partial charge in [-0.05, 0) is 45.3 Å². The number of carbonyl (C=O) groups excluding carboxylic acids is 1. The average molecular weight is 342 g/mol. The molecule has 6 heteroatoms. The molecule has 134 valence electrons. The van der Waals surface area contributed by atoms with Gasteiger partial charge in [-0.3, -0.25) is 4.79 Å². The smallest absolute Gasteiger partial charge is 0.399 e. The molecule has 0 unspecified atom stereocenters. The van der Waals surface area contributed by atoms with Crippen molar-refractivity contribution in [2.24, 2.45) is 5.41 Å². The van der Waals surface area contributed by atoms with Gasteiger partial charge in [0.25, 0.3) is 0 Å². The summed E-state index contributed by atoms with van der Waals surface area (Å²) in [5.41, 5.74) is 1.99. The van der Waals surface area contributed by atoms with E-state index in [-0.39, 0.29) is 24.2 Å². The van der Waals surface area contributed by atoms with E-state index in [1.807, 2.05) is 4.90 Å². The molecular formula is C19H27BN2O3. The minimum Gasteiger partial charge on any atom is -0.399 e. The van der Waals surface area contributed by atoms with Crippen LogP contribution in [0.5, 0.6) is 0 Å². The second-order valence-corrected chi connectivity index (χ2v) is 8.91. The third-order valence-corrected chi connectivity index (χ3v) is 6.33. The maximum absolute atomic E-state index is 11.3. The molecule has 3 fully saturated rings. The summed E-state index contributed by atoms with van der Waals surface area (Å²) in [4.78, 5) is 15.7. The summed E-state index contributed by atoms with van der Waals surface area (Å²) in [7, 11) is -0.308. The number of rotatable bonds is 2. The van der Waals surface area contributed by atoms with E-state index in [2.05, 4.69) is 56.9 Å². The third-order valence-electron chi connectivity index (χ3n) is 6.33. The average Bonchev–Trinajstić information content (AvgIpc) is 2.65. The summed E-state index contributed by atoms with van der Waals surface area (Å²) in [6, 6.07) is 8.50. The Morgan fingerprint density at radius 1 is 0.960 bits per heavy atom. The molecule has 1 aromatic carbocycles. The second-order valence-electron chi connectivity index (χ2n) is 8.91. The van der Waals surface area contributed by atoms with Gasteiger partial charge in [-0.2, -0.15) is 0 Å². The summed E-state index contributed by atoms with van der Waals surface area (Å²) in [5.74, 6) is 0.191. The third kappa shape index (κ3) is 2.66. The first-order valence-electron chi connectivity index (χ1n) is 9.07. The molecule has 1 aromatic rings. The lowest BCUT2D eigenvalue weighted by atomic mass is 9.72. The van der Waals surface area contributed by atoms with Crippen LogP contribution in [-0.4, -0.2) is 55.3 Å². The van der Waals surface area contributed by atoms with Crippen LogP contribution in [0.15, 0.2) is 24.3 Å². The van der Waals surface area contributed by atoms with Crippen LogP contribution in [0, 0.1) is 5.41 Å². The summed E-state index contributed by atoms with van der Waals surface area (Å²) in [6.07, 6.45) is 0. The van der Waals surface area contributed by atoms with Crippen molar-refractivity contribution in [1.82, 2.24) is 4.90 Å². The fraction of sp³-hybridized carbons (Fsp3) is 0.632. The Labute approximate surface area is 150 Å². The molecule has 0 radical (unpaired) electrons. The van der Waals surface area contributed by atoms with Crippen molar-refractivity contribution in [2.75, 3.05) is 31.1 Å². The molecule has 5 nitrogen and oxygen atoms in total. The van der Waals surface area contributed by atoms with Crippen molar-refractivity contribution >= 4 is 24.2 Å². The molecule has 3 aliphatic rings. The number of nitrogens with zero attached hydrogens (tertiary/aromatic N) is 2. The highest BCUT2D eigenvalue weighted by Gasteiger charge is 2.53. The Kier molecular flexibility index (Phi) is 3.55. The van der Waals surface area contributed by atoms with Crippen molar-refractivity contribution in [3.8, 4) is 0 Å². The Bertz CT molecular complexity index is 671. The minimum absolute atomic E-state index is 0.191. The van der Waals surface area contributed by atoms with E-state index < -0.39 is 0 Å². The highest BCUT2D eigenvalue weighted by molar-refractivity contribution is 6.62. The minimum atomic E-state index is -0.312. The topological polar surface area (TPSA) is 42.0 Å². The fourth-order valence-corrected chi connectivity index (χ4v) is 3.95. The van der Waals surface area contributed by atoms with Crippen LogP contribution < -0.4 is 10.4 Å². The van der Waals surface area contributed by atoms with Crippen molar-refractivity contribution in [3.63, 3.8) is 0 Å². The van der Waals surface area contributed by atoms with Gasteiger partial charge < -0.3 is 19.1 Å². The predicted molar refractivity (Wildman–Crippen MR) is 99.1 cm³/mol. The zero-order valence-electron chi connectivity index (χ0n) is 15.8. The Hall–Kier alpha value is -1.53. The second kappa shape index (κ2) is 5.24. The molecule has 0 aliphatic carbocycles. The quantitative estimate of drug-likeness (QED) is 0.767. The Morgan fingerprint density at radius 2 is 1.48 bits per heavy atom. The molecule has 0 saturated carbocycles. The maximum Gasteiger partial charge on any atom is 0.494 e. The van der Waals surface area contributed by atoms with E-state index >= 15 is 0 Å². The van der Waals surface area contributed by atoms with Crippen LogP contribution in [0.3, 0.4) is 0 Å². The number of carbonyl (C=O) groups is 1. The van der Waals surface area contributed by atoms with E-state index in [0.717, 1.165) is 31.6 Å². The van der Waals surface area contributed by atoms with E-state index in [1.165, 1.54) is 5.69 Å². The Balaban J connectivity index is 1.37. The lowest BCUT2D eigenvalue weighted by molar-refractivity contribution is -0.142. The highest BCUT2D eigenvalue weighted by Crippen LogP contribution is 2.42. The van der Waals surface area contributed by atoms with Gasteiger partial charge in [0.1, 0.15) is 0 Å². The van der Waals surface area contributed by atoms with Crippen molar-refractivity contribution in [1.29, 1.82) is 0 Å². The van der Waals surface area contributed by atoms with E-state index in [1.54, 1.807) is 6.92 Å². The largest absolute Gasteiger partial charge is 0.494 e. The Morgan fingerprint density at radius 3 is 1.96 bits per heavy atom. The van der Waals surface area contributed by atoms with E-state index in [4.69, 9.17) is 9.31 Å². The molecule has 0 atom stereocenters. The molecule has 0 aromatic heterocycles. The molecule has 1 amide bonds. The number of hydrogen-bond acceptors (Lipinski definition) is 4. The molecular weight excluding hydrogens is 315 g/mol. The van der Waals surface area contributed by atoms with Crippen LogP contribution in [0.1, 0.15) is 34.6 Å². The SMILES string of the molecule is CC(=O)N1CC2(C1)CN(c1ccc(B3OC(C)(C)C(C)(C)O3)cc1)C2. The van der Waals surface area contributed by atoms with Gasteiger partial charge in [0, 0.05) is 44.2 Å². The predicted octanol–water partition coefficient (Wildman–Crippen LogP) is 1.65. The number of benzene rings is 1. The van der Waals surface area contributed by atoms with Crippen LogP contribution in [0.25, 0.3) is 0 Å². The molecule has 4 rings (SSSR count). The van der Waals surface area contributed by atoms with Gasteiger partial charge >= 0.3 is 7.12 Å². The first-order valence-corrected chi connectivity index (χ1v) is 9.07. The highest BCUT2D eigenvalue weighted by atomic mass is 16.7. The van der Waals surface area contributed by atoms with E-state index in [9.17, 15) is 4.79 Å². The molecule has 3 saturated heterocycles. The van der Waals surface area contributed by atoms with Crippen molar-refractivity contribution < 1.29 is 14.1 Å². The monoisotopic (exact) mass is 342 g/mol. The number of anilines is 1. The first kappa shape index (κ1) is 16.9. The summed E-state index contributed by atoms with van der Waals surface area (Å²) < 4.78 is 12.2. The van der Waals surface area contributed by atoms with Gasteiger partial charge in [-0.1, -0.05) is 12.1 Å². The van der Waals surface area contributed by atoms with Crippen molar-refractivity contribution in [3.05, 3.63) is 24.3 Å². The number of likely N-dealkylation sites (tertiary alicyclic amines) is 1. The molecule has 25 heavy (non-hydrogen) atoms. The standard InChI is InChI=1S/C19H27BN2O3/c1-14(23)21-10-19(11-21)12-22(13-19)16-8-6-15(7-9-16)20-24-17(2,3)18(4,5)25-20/h6-9H,10-13H2,1-5H3. The van der Waals surface area contributed by atoms with Crippen LogP contribution in [0.2, 0.25) is 0 Å². The number of amides is 1. The number of hydrogen-bond donors (Lipinski definition) is 0. The van der Waals surface area contributed by atoms with Crippen LogP contribution >= 0.6 is 0 Å². The van der Waals surface area contributed by atoms with Gasteiger partial charge in [-0.25, -0.2) is 0 Å². The first-order chi connectivity index (χ1) is 11.6. The summed E-state index contributed by atoms with van der Waals surface area (Å²) in [5, 5.41) is 0. The van der Waals surface area contributed by atoms with Crippen LogP contribution in [-0.2, 0) is 14.1 Å². The van der Waals surface area contributed by atoms with Gasteiger partial charge in [0.05, 0.1) is 11.2 Å². The van der Waals surface area contributed by atoms with Crippen molar-refractivity contribution in [2.45, 2.75) is 45.8 Å². The molecule has 1 spiro atoms. The molecule has 0 N–H and O–H groups in total. The van der Waals surface area contributed by atoms with Crippen LogP contribution in [0.4, 0.5) is 5.69 Å². The summed E-state index contributed by atoms with van der Waals surface area (Å²) >= 11 is 0. The maximum atomic E-state index is 11.3. The normalized spacial score (nSPS) is 25.7. The lowest BCUT2D eigenvalue weighted by Crippen LogP contribution is -2.72. The van der Waals surface area contributed by atoms with Gasteiger partial charge in [0.15, 0.2) is 0 Å². The summed E-state index contributed by atoms with van der Waals surface area (Å²) in [6.45, 7) is 13.8. The van der Waals surface area contributed by atoms with Gasteiger partial charge in [-0.15, -0.1) is 0 Å². The zero-order chi connectivity index (χ0) is 18.0. The van der Waals surface area contributed by atoms with Gasteiger partial charge in [0.2, 0.25) is 5.91 Å². The van der Waals surface area contributed by atoms with E-state index in [0.29, 0.717) is 5.41 Å². The fourth-order valence-electron chi connectivity index (χ4n) is 3.95. The molecule has 3 heterocycles. The zero-order valence-corrected chi connectivity index (χ0v) is 15.8. The lowest BCUT2D eigenvalue weighted by Gasteiger charge is -2.60. The molecule has 3 aliphatic heterocycles.